The molecule has 1 aromatic heterocycles. The standard InChI is InChI=1S/C25H29ClFN5O2/c1-31(2)25-12-16(25)13-32(14-25)7-4-8-34-23-10-18-21(11-22(23)33-3)28-15-29-24(18)30-17-5-6-20(27)19(26)9-17/h5-6,9-11,15-16H,4,7-8,12-14H2,1-3H3,(H,28,29,30). The van der Waals surface area contributed by atoms with E-state index in [2.05, 4.69) is 39.2 Å². The van der Waals surface area contributed by atoms with Crippen LogP contribution in [0.25, 0.3) is 10.9 Å². The predicted molar refractivity (Wildman–Crippen MR) is 132 cm³/mol. The number of benzene rings is 2. The van der Waals surface area contributed by atoms with Crippen molar-refractivity contribution in [2.75, 3.05) is 52.8 Å². The zero-order chi connectivity index (χ0) is 23.9. The van der Waals surface area contributed by atoms with Crippen molar-refractivity contribution in [3.8, 4) is 11.5 Å². The molecule has 2 atom stereocenters. The van der Waals surface area contributed by atoms with Crippen LogP contribution in [0.2, 0.25) is 5.02 Å². The molecule has 1 aliphatic carbocycles. The number of ether oxygens (including phenoxy) is 2. The lowest BCUT2D eigenvalue weighted by molar-refractivity contribution is 0.204. The number of halogens is 2. The van der Waals surface area contributed by atoms with Crippen LogP contribution in [0, 0.1) is 11.7 Å². The Morgan fingerprint density at radius 3 is 2.82 bits per heavy atom. The molecular weight excluding hydrogens is 457 g/mol. The van der Waals surface area contributed by atoms with E-state index in [4.69, 9.17) is 21.1 Å². The number of rotatable bonds is 9. The zero-order valence-electron chi connectivity index (χ0n) is 19.6. The number of likely N-dealkylation sites (N-methyl/N-ethyl adjacent to an activating group) is 1. The summed E-state index contributed by atoms with van der Waals surface area (Å²) in [6.07, 6.45) is 3.72. The molecule has 1 aliphatic heterocycles. The van der Waals surface area contributed by atoms with Gasteiger partial charge in [-0.25, -0.2) is 14.4 Å². The van der Waals surface area contributed by atoms with Crippen LogP contribution in [0.3, 0.4) is 0 Å². The lowest BCUT2D eigenvalue weighted by Gasteiger charge is -2.25. The molecule has 180 valence electrons. The molecule has 1 saturated carbocycles. The van der Waals surface area contributed by atoms with Gasteiger partial charge in [-0.2, -0.15) is 0 Å². The van der Waals surface area contributed by atoms with Gasteiger partial charge in [0.05, 0.1) is 24.3 Å². The maximum Gasteiger partial charge on any atom is 0.162 e. The summed E-state index contributed by atoms with van der Waals surface area (Å²) in [5.74, 6) is 2.18. The topological polar surface area (TPSA) is 62.8 Å². The first-order valence-electron chi connectivity index (χ1n) is 11.5. The second kappa shape index (κ2) is 9.17. The van der Waals surface area contributed by atoms with Gasteiger partial charge in [-0.05, 0) is 57.1 Å². The van der Waals surface area contributed by atoms with Crippen LogP contribution in [-0.4, -0.2) is 72.8 Å². The molecule has 9 heteroatoms. The lowest BCUT2D eigenvalue weighted by atomic mass is 10.2. The summed E-state index contributed by atoms with van der Waals surface area (Å²) in [6.45, 7) is 3.92. The van der Waals surface area contributed by atoms with Gasteiger partial charge in [0.2, 0.25) is 0 Å². The van der Waals surface area contributed by atoms with E-state index in [-0.39, 0.29) is 5.02 Å². The third kappa shape index (κ3) is 4.37. The molecule has 2 aromatic carbocycles. The second-order valence-corrected chi connectivity index (χ2v) is 9.74. The van der Waals surface area contributed by atoms with Gasteiger partial charge in [-0.15, -0.1) is 0 Å². The number of nitrogens with one attached hydrogen (secondary N) is 1. The largest absolute Gasteiger partial charge is 0.493 e. The number of nitrogens with zero attached hydrogens (tertiary/aromatic N) is 4. The number of aromatic nitrogens is 2. The molecule has 2 heterocycles. The maximum atomic E-state index is 13.5. The molecule has 5 rings (SSSR count). The number of likely N-dealkylation sites (tertiary alicyclic amines) is 1. The molecule has 2 aliphatic rings. The normalized spacial score (nSPS) is 21.6. The fourth-order valence-electron chi connectivity index (χ4n) is 5.04. The Hall–Kier alpha value is -2.68. The summed E-state index contributed by atoms with van der Waals surface area (Å²) in [6, 6.07) is 8.17. The Labute approximate surface area is 203 Å². The highest BCUT2D eigenvalue weighted by Gasteiger charge is 2.60. The van der Waals surface area contributed by atoms with E-state index in [1.807, 2.05) is 12.1 Å². The van der Waals surface area contributed by atoms with Crippen molar-refractivity contribution >= 4 is 34.0 Å². The van der Waals surface area contributed by atoms with Crippen molar-refractivity contribution in [3.05, 3.63) is 47.5 Å². The number of anilines is 2. The molecule has 2 unspecified atom stereocenters. The molecular formula is C25H29ClFN5O2. The van der Waals surface area contributed by atoms with Crippen molar-refractivity contribution < 1.29 is 13.9 Å². The number of methoxy groups -OCH3 is 1. The summed E-state index contributed by atoms with van der Waals surface area (Å²) in [5, 5.41) is 4.01. The fourth-order valence-corrected chi connectivity index (χ4v) is 5.22. The Kier molecular flexibility index (Phi) is 6.22. The Morgan fingerprint density at radius 1 is 1.24 bits per heavy atom. The van der Waals surface area contributed by atoms with Gasteiger partial charge in [0, 0.05) is 42.3 Å². The van der Waals surface area contributed by atoms with Crippen LogP contribution in [0.5, 0.6) is 11.5 Å². The number of piperidine rings is 1. The van der Waals surface area contributed by atoms with Gasteiger partial charge < -0.3 is 24.6 Å². The summed E-state index contributed by atoms with van der Waals surface area (Å²) in [5.41, 5.74) is 1.74. The average molecular weight is 486 g/mol. The van der Waals surface area contributed by atoms with Crippen molar-refractivity contribution in [1.82, 2.24) is 19.8 Å². The Balaban J connectivity index is 1.27. The van der Waals surface area contributed by atoms with Crippen molar-refractivity contribution in [2.24, 2.45) is 5.92 Å². The quantitative estimate of drug-likeness (QED) is 0.445. The first-order chi connectivity index (χ1) is 16.4. The van der Waals surface area contributed by atoms with Gasteiger partial charge in [0.25, 0.3) is 0 Å². The van der Waals surface area contributed by atoms with E-state index < -0.39 is 5.82 Å². The van der Waals surface area contributed by atoms with E-state index in [1.54, 1.807) is 13.2 Å². The molecule has 3 aromatic rings. The van der Waals surface area contributed by atoms with E-state index in [1.165, 1.54) is 31.4 Å². The molecule has 1 N–H and O–H groups in total. The van der Waals surface area contributed by atoms with E-state index in [0.29, 0.717) is 40.7 Å². The van der Waals surface area contributed by atoms with Crippen LogP contribution < -0.4 is 14.8 Å². The first-order valence-corrected chi connectivity index (χ1v) is 11.8. The number of fused-ring (bicyclic) bond motifs is 2. The van der Waals surface area contributed by atoms with Crippen LogP contribution in [-0.2, 0) is 0 Å². The van der Waals surface area contributed by atoms with Crippen LogP contribution in [0.1, 0.15) is 12.8 Å². The molecule has 0 bridgehead atoms. The Bertz CT molecular complexity index is 1210. The summed E-state index contributed by atoms with van der Waals surface area (Å²) in [4.78, 5) is 13.7. The third-order valence-corrected chi connectivity index (χ3v) is 7.34. The van der Waals surface area contributed by atoms with Crippen LogP contribution in [0.4, 0.5) is 15.9 Å². The van der Waals surface area contributed by atoms with Crippen LogP contribution in [0.15, 0.2) is 36.7 Å². The molecule has 0 amide bonds. The highest BCUT2D eigenvalue weighted by Crippen LogP contribution is 2.52. The monoisotopic (exact) mass is 485 g/mol. The fraction of sp³-hybridized carbons (Fsp3) is 0.440. The third-order valence-electron chi connectivity index (χ3n) is 7.05. The maximum absolute atomic E-state index is 13.5. The van der Waals surface area contributed by atoms with Gasteiger partial charge >= 0.3 is 0 Å². The van der Waals surface area contributed by atoms with E-state index in [9.17, 15) is 4.39 Å². The highest BCUT2D eigenvalue weighted by molar-refractivity contribution is 6.31. The molecule has 2 fully saturated rings. The predicted octanol–water partition coefficient (Wildman–Crippen LogP) is 4.58. The summed E-state index contributed by atoms with van der Waals surface area (Å²) in [7, 11) is 6.00. The molecule has 7 nitrogen and oxygen atoms in total. The lowest BCUT2D eigenvalue weighted by Crippen LogP contribution is -2.38. The number of hydrogen-bond acceptors (Lipinski definition) is 7. The van der Waals surface area contributed by atoms with Gasteiger partial charge in [-0.3, -0.25) is 0 Å². The van der Waals surface area contributed by atoms with Crippen molar-refractivity contribution in [1.29, 1.82) is 0 Å². The smallest absolute Gasteiger partial charge is 0.162 e. The highest BCUT2D eigenvalue weighted by atomic mass is 35.5. The van der Waals surface area contributed by atoms with Gasteiger partial charge in [0.15, 0.2) is 11.5 Å². The van der Waals surface area contributed by atoms with Crippen molar-refractivity contribution in [3.63, 3.8) is 0 Å². The van der Waals surface area contributed by atoms with E-state index >= 15 is 0 Å². The first kappa shape index (κ1) is 23.1. The second-order valence-electron chi connectivity index (χ2n) is 9.33. The Morgan fingerprint density at radius 2 is 2.09 bits per heavy atom. The SMILES string of the molecule is COc1cc2ncnc(Nc3ccc(F)c(Cl)c3)c2cc1OCCCN1CC2CC2(N(C)C)C1. The minimum atomic E-state index is -0.469. The van der Waals surface area contributed by atoms with E-state index in [0.717, 1.165) is 30.8 Å². The van der Waals surface area contributed by atoms with Gasteiger partial charge in [0.1, 0.15) is 18.0 Å². The molecule has 34 heavy (non-hydrogen) atoms. The minimum Gasteiger partial charge on any atom is -0.493 e. The minimum absolute atomic E-state index is 0.0425. The average Bonchev–Trinajstić information content (AvgIpc) is 3.40. The molecule has 0 spiro atoms. The van der Waals surface area contributed by atoms with Crippen LogP contribution >= 0.6 is 11.6 Å². The number of hydrogen-bond donors (Lipinski definition) is 1. The molecule has 1 saturated heterocycles. The van der Waals surface area contributed by atoms with Gasteiger partial charge in [-0.1, -0.05) is 11.6 Å². The zero-order valence-corrected chi connectivity index (χ0v) is 20.4. The van der Waals surface area contributed by atoms with Crippen molar-refractivity contribution in [2.45, 2.75) is 18.4 Å². The molecule has 0 radical (unpaired) electrons. The summed E-state index contributed by atoms with van der Waals surface area (Å²) >= 11 is 5.92. The summed E-state index contributed by atoms with van der Waals surface area (Å²) < 4.78 is 25.2.